The molecule has 0 N–H and O–H groups in total. The molecule has 5 nitrogen and oxygen atoms in total. The van der Waals surface area contributed by atoms with E-state index in [4.69, 9.17) is 4.42 Å². The van der Waals surface area contributed by atoms with Crippen LogP contribution in [0.1, 0.15) is 46.9 Å². The van der Waals surface area contributed by atoms with Gasteiger partial charge in [0.25, 0.3) is 5.91 Å². The number of carbonyl (C=O) groups excluding carboxylic acids is 2. The standard InChI is InChI=1S/C27H32N2O3/c1-20(2)29(27(31)24-13-10-21(3)11-14-24)19-26(30)28(18-25-15-12-22(4)32-25)17-16-23-8-6-5-7-9-23/h5-15,20H,16-19H2,1-4H3. The highest BCUT2D eigenvalue weighted by Crippen LogP contribution is 2.14. The summed E-state index contributed by atoms with van der Waals surface area (Å²) >= 11 is 0. The van der Waals surface area contributed by atoms with Crippen molar-refractivity contribution in [2.24, 2.45) is 0 Å². The summed E-state index contributed by atoms with van der Waals surface area (Å²) in [6.45, 7) is 8.70. The number of furan rings is 1. The Hall–Kier alpha value is -3.34. The molecule has 3 aromatic rings. The van der Waals surface area contributed by atoms with E-state index in [9.17, 15) is 9.59 Å². The molecule has 0 saturated carbocycles. The highest BCUT2D eigenvalue weighted by atomic mass is 16.3. The Balaban J connectivity index is 1.76. The fraction of sp³-hybridized carbons (Fsp3) is 0.333. The molecule has 0 saturated heterocycles. The third-order valence-corrected chi connectivity index (χ3v) is 5.50. The van der Waals surface area contributed by atoms with Crippen molar-refractivity contribution in [1.82, 2.24) is 9.80 Å². The molecule has 0 radical (unpaired) electrons. The Morgan fingerprint density at radius 2 is 1.59 bits per heavy atom. The second-order valence-electron chi connectivity index (χ2n) is 8.46. The van der Waals surface area contributed by atoms with Gasteiger partial charge in [-0.05, 0) is 63.9 Å². The van der Waals surface area contributed by atoms with Crippen molar-refractivity contribution in [3.8, 4) is 0 Å². The summed E-state index contributed by atoms with van der Waals surface area (Å²) in [5.41, 5.74) is 2.85. The summed E-state index contributed by atoms with van der Waals surface area (Å²) in [6.07, 6.45) is 0.736. The minimum absolute atomic E-state index is 0.0266. The van der Waals surface area contributed by atoms with Crippen molar-refractivity contribution in [3.63, 3.8) is 0 Å². The zero-order valence-electron chi connectivity index (χ0n) is 19.4. The fourth-order valence-electron chi connectivity index (χ4n) is 3.56. The molecule has 0 spiro atoms. The van der Waals surface area contributed by atoms with E-state index in [0.29, 0.717) is 18.7 Å². The van der Waals surface area contributed by atoms with Crippen LogP contribution in [0.5, 0.6) is 0 Å². The van der Waals surface area contributed by atoms with Gasteiger partial charge in [-0.2, -0.15) is 0 Å². The van der Waals surface area contributed by atoms with E-state index in [0.717, 1.165) is 29.1 Å². The number of hydrogen-bond donors (Lipinski definition) is 0. The Labute approximate surface area is 190 Å². The molecule has 0 aliphatic carbocycles. The van der Waals surface area contributed by atoms with Gasteiger partial charge in [0, 0.05) is 18.2 Å². The van der Waals surface area contributed by atoms with Crippen LogP contribution in [0.4, 0.5) is 0 Å². The van der Waals surface area contributed by atoms with Crippen molar-refractivity contribution < 1.29 is 14.0 Å². The van der Waals surface area contributed by atoms with Crippen LogP contribution < -0.4 is 0 Å². The Morgan fingerprint density at radius 3 is 2.19 bits per heavy atom. The first kappa shape index (κ1) is 23.3. The molecule has 1 aromatic heterocycles. The largest absolute Gasteiger partial charge is 0.464 e. The number of aryl methyl sites for hydroxylation is 2. The normalized spacial score (nSPS) is 10.9. The SMILES string of the molecule is Cc1ccc(C(=O)N(CC(=O)N(CCc2ccccc2)Cc2ccc(C)o2)C(C)C)cc1. The molecular formula is C27H32N2O3. The monoisotopic (exact) mass is 432 g/mol. The topological polar surface area (TPSA) is 53.8 Å². The fourth-order valence-corrected chi connectivity index (χ4v) is 3.56. The molecule has 0 bridgehead atoms. The number of nitrogens with zero attached hydrogens (tertiary/aromatic N) is 2. The quantitative estimate of drug-likeness (QED) is 0.477. The van der Waals surface area contributed by atoms with E-state index in [1.807, 2.05) is 82.3 Å². The molecule has 1 heterocycles. The van der Waals surface area contributed by atoms with Crippen LogP contribution in [0.2, 0.25) is 0 Å². The predicted octanol–water partition coefficient (Wildman–Crippen LogP) is 5.02. The number of rotatable bonds is 9. The van der Waals surface area contributed by atoms with Crippen molar-refractivity contribution in [2.45, 2.75) is 46.7 Å². The minimum Gasteiger partial charge on any atom is -0.464 e. The van der Waals surface area contributed by atoms with E-state index in [1.165, 1.54) is 0 Å². The van der Waals surface area contributed by atoms with Crippen LogP contribution in [0.3, 0.4) is 0 Å². The zero-order chi connectivity index (χ0) is 23.1. The van der Waals surface area contributed by atoms with Crippen LogP contribution >= 0.6 is 0 Å². The molecular weight excluding hydrogens is 400 g/mol. The number of amides is 2. The molecule has 2 amide bonds. The summed E-state index contributed by atoms with van der Waals surface area (Å²) in [5.74, 6) is 1.33. The summed E-state index contributed by atoms with van der Waals surface area (Å²) in [6, 6.07) is 21.2. The maximum absolute atomic E-state index is 13.4. The Morgan fingerprint density at radius 1 is 0.906 bits per heavy atom. The molecule has 0 aliphatic heterocycles. The molecule has 168 valence electrons. The third kappa shape index (κ3) is 6.33. The molecule has 0 fully saturated rings. The molecule has 3 rings (SSSR count). The lowest BCUT2D eigenvalue weighted by molar-refractivity contribution is -0.133. The van der Waals surface area contributed by atoms with Gasteiger partial charge in [0.2, 0.25) is 5.91 Å². The predicted molar refractivity (Wildman–Crippen MR) is 126 cm³/mol. The van der Waals surface area contributed by atoms with Gasteiger partial charge < -0.3 is 14.2 Å². The molecule has 0 aliphatic rings. The maximum Gasteiger partial charge on any atom is 0.254 e. The number of hydrogen-bond acceptors (Lipinski definition) is 3. The van der Waals surface area contributed by atoms with Crippen molar-refractivity contribution >= 4 is 11.8 Å². The van der Waals surface area contributed by atoms with E-state index in [2.05, 4.69) is 12.1 Å². The van der Waals surface area contributed by atoms with E-state index < -0.39 is 0 Å². The van der Waals surface area contributed by atoms with Crippen LogP contribution in [0.25, 0.3) is 0 Å². The average molecular weight is 433 g/mol. The first-order valence-electron chi connectivity index (χ1n) is 11.1. The molecule has 0 atom stereocenters. The third-order valence-electron chi connectivity index (χ3n) is 5.50. The lowest BCUT2D eigenvalue weighted by Gasteiger charge is -2.30. The van der Waals surface area contributed by atoms with Crippen LogP contribution in [0, 0.1) is 13.8 Å². The van der Waals surface area contributed by atoms with Crippen molar-refractivity contribution in [3.05, 3.63) is 94.9 Å². The second-order valence-corrected chi connectivity index (χ2v) is 8.46. The summed E-state index contributed by atoms with van der Waals surface area (Å²) < 4.78 is 5.72. The van der Waals surface area contributed by atoms with Gasteiger partial charge in [0.05, 0.1) is 6.54 Å². The summed E-state index contributed by atoms with van der Waals surface area (Å²) in [4.78, 5) is 29.9. The van der Waals surface area contributed by atoms with Gasteiger partial charge in [-0.15, -0.1) is 0 Å². The summed E-state index contributed by atoms with van der Waals surface area (Å²) in [5, 5.41) is 0. The summed E-state index contributed by atoms with van der Waals surface area (Å²) in [7, 11) is 0. The lowest BCUT2D eigenvalue weighted by Crippen LogP contribution is -2.46. The van der Waals surface area contributed by atoms with E-state index in [-0.39, 0.29) is 24.4 Å². The van der Waals surface area contributed by atoms with E-state index in [1.54, 1.807) is 9.80 Å². The maximum atomic E-state index is 13.4. The van der Waals surface area contributed by atoms with Gasteiger partial charge in [0.15, 0.2) is 0 Å². The van der Waals surface area contributed by atoms with Gasteiger partial charge in [-0.25, -0.2) is 0 Å². The van der Waals surface area contributed by atoms with Gasteiger partial charge in [-0.3, -0.25) is 9.59 Å². The molecule has 32 heavy (non-hydrogen) atoms. The highest BCUT2D eigenvalue weighted by molar-refractivity contribution is 5.96. The molecule has 2 aromatic carbocycles. The molecule has 0 unspecified atom stereocenters. The average Bonchev–Trinajstić information content (AvgIpc) is 3.20. The minimum atomic E-state index is -0.134. The second kappa shape index (κ2) is 10.8. The smallest absolute Gasteiger partial charge is 0.254 e. The Kier molecular flexibility index (Phi) is 7.87. The lowest BCUT2D eigenvalue weighted by atomic mass is 10.1. The van der Waals surface area contributed by atoms with Gasteiger partial charge in [-0.1, -0.05) is 48.0 Å². The first-order valence-corrected chi connectivity index (χ1v) is 11.1. The first-order chi connectivity index (χ1) is 15.3. The Bertz CT molecular complexity index is 1020. The van der Waals surface area contributed by atoms with Crippen LogP contribution in [0.15, 0.2) is 71.1 Å². The zero-order valence-corrected chi connectivity index (χ0v) is 19.4. The van der Waals surface area contributed by atoms with Gasteiger partial charge in [0.1, 0.15) is 18.1 Å². The van der Waals surface area contributed by atoms with Crippen molar-refractivity contribution in [1.29, 1.82) is 0 Å². The van der Waals surface area contributed by atoms with Gasteiger partial charge >= 0.3 is 0 Å². The van der Waals surface area contributed by atoms with Crippen LogP contribution in [-0.2, 0) is 17.8 Å². The molecule has 5 heteroatoms. The van der Waals surface area contributed by atoms with Crippen molar-refractivity contribution in [2.75, 3.05) is 13.1 Å². The van der Waals surface area contributed by atoms with E-state index >= 15 is 0 Å². The van der Waals surface area contributed by atoms with Crippen LogP contribution in [-0.4, -0.2) is 40.7 Å². The number of carbonyl (C=O) groups is 2. The highest BCUT2D eigenvalue weighted by Gasteiger charge is 2.25. The number of benzene rings is 2.